The first kappa shape index (κ1) is 22.3. The van der Waals surface area contributed by atoms with Crippen LogP contribution in [0.3, 0.4) is 0 Å². The molecule has 4 nitrogen and oxygen atoms in total. The molecule has 0 radical (unpaired) electrons. The van der Waals surface area contributed by atoms with Gasteiger partial charge in [0.1, 0.15) is 11.6 Å². The molecule has 2 aromatic carbocycles. The first-order valence-corrected chi connectivity index (χ1v) is 8.27. The summed E-state index contributed by atoms with van der Waals surface area (Å²) < 4.78 is 26.3. The number of hydrogen-bond acceptors (Lipinski definition) is 2. The van der Waals surface area contributed by atoms with E-state index in [2.05, 4.69) is 15.6 Å². The fourth-order valence-corrected chi connectivity index (χ4v) is 2.34. The van der Waals surface area contributed by atoms with E-state index in [4.69, 9.17) is 5.11 Å². The maximum absolute atomic E-state index is 13.4. The van der Waals surface area contributed by atoms with Gasteiger partial charge >= 0.3 is 0 Å². The first-order chi connectivity index (χ1) is 12.1. The first-order valence-electron chi connectivity index (χ1n) is 8.27. The van der Waals surface area contributed by atoms with Gasteiger partial charge in [0.05, 0.1) is 13.2 Å². The van der Waals surface area contributed by atoms with E-state index in [1.807, 2.05) is 6.92 Å². The number of benzene rings is 2. The quantitative estimate of drug-likeness (QED) is 0.327. The lowest BCUT2D eigenvalue weighted by Crippen LogP contribution is -2.38. The molecule has 0 atom stereocenters. The van der Waals surface area contributed by atoms with Crippen molar-refractivity contribution in [3.63, 3.8) is 0 Å². The molecule has 2 rings (SSSR count). The fraction of sp³-hybridized carbons (Fsp3) is 0.316. The number of halogens is 3. The van der Waals surface area contributed by atoms with Crippen LogP contribution in [-0.4, -0.2) is 24.2 Å². The lowest BCUT2D eigenvalue weighted by atomic mass is 10.1. The SMILES string of the molecule is CCNC(=NCc1ccc(F)c(CO)c1)NCCc1ccc(F)cc1.I. The fourth-order valence-electron chi connectivity index (χ4n) is 2.34. The molecule has 3 N–H and O–H groups in total. The van der Waals surface area contributed by atoms with E-state index in [0.29, 0.717) is 25.6 Å². The van der Waals surface area contributed by atoms with Crippen LogP contribution in [0, 0.1) is 11.6 Å². The third kappa shape index (κ3) is 7.25. The zero-order valence-corrected chi connectivity index (χ0v) is 17.0. The lowest BCUT2D eigenvalue weighted by Gasteiger charge is -2.11. The molecule has 0 unspecified atom stereocenters. The summed E-state index contributed by atoms with van der Waals surface area (Å²) in [6, 6.07) is 11.0. The van der Waals surface area contributed by atoms with Gasteiger partial charge in [0.2, 0.25) is 0 Å². The highest BCUT2D eigenvalue weighted by Crippen LogP contribution is 2.11. The standard InChI is InChI=1S/C19H23F2N3O.HI/c1-2-22-19(23-10-9-14-3-6-17(20)7-4-14)24-12-15-5-8-18(21)16(11-15)13-25;/h3-8,11,25H,2,9-10,12-13H2,1H3,(H2,22,23,24);1H. The monoisotopic (exact) mass is 475 g/mol. The minimum absolute atomic E-state index is 0. The molecular formula is C19H24F2IN3O. The normalized spacial score (nSPS) is 11.0. The Balaban J connectivity index is 0.00000338. The zero-order valence-electron chi connectivity index (χ0n) is 14.6. The summed E-state index contributed by atoms with van der Waals surface area (Å²) in [6.07, 6.45) is 0.746. The predicted octanol–water partition coefficient (Wildman–Crippen LogP) is 3.37. The van der Waals surface area contributed by atoms with Crippen molar-refractivity contribution in [2.24, 2.45) is 4.99 Å². The van der Waals surface area contributed by atoms with Crippen molar-refractivity contribution < 1.29 is 13.9 Å². The molecule has 0 fully saturated rings. The number of hydrogen-bond donors (Lipinski definition) is 3. The summed E-state index contributed by atoms with van der Waals surface area (Å²) in [7, 11) is 0. The summed E-state index contributed by atoms with van der Waals surface area (Å²) in [5, 5.41) is 15.5. The smallest absolute Gasteiger partial charge is 0.191 e. The van der Waals surface area contributed by atoms with E-state index in [9.17, 15) is 8.78 Å². The maximum Gasteiger partial charge on any atom is 0.191 e. The molecule has 0 aromatic heterocycles. The minimum atomic E-state index is -0.417. The number of aliphatic imine (C=N–C) groups is 1. The summed E-state index contributed by atoms with van der Waals surface area (Å²) in [5.41, 5.74) is 2.12. The zero-order chi connectivity index (χ0) is 18.1. The summed E-state index contributed by atoms with van der Waals surface area (Å²) in [5.74, 6) is -0.00722. The maximum atomic E-state index is 13.4. The predicted molar refractivity (Wildman–Crippen MR) is 111 cm³/mol. The second-order valence-electron chi connectivity index (χ2n) is 5.58. The Hall–Kier alpha value is -1.74. The summed E-state index contributed by atoms with van der Waals surface area (Å²) in [6.45, 7) is 3.38. The molecule has 0 saturated heterocycles. The number of aliphatic hydroxyl groups excluding tert-OH is 1. The Morgan fingerprint density at radius 2 is 1.73 bits per heavy atom. The van der Waals surface area contributed by atoms with Crippen LogP contribution in [0.1, 0.15) is 23.6 Å². The van der Waals surface area contributed by atoms with E-state index in [1.165, 1.54) is 18.2 Å². The molecular weight excluding hydrogens is 451 g/mol. The van der Waals surface area contributed by atoms with Crippen LogP contribution < -0.4 is 10.6 Å². The highest BCUT2D eigenvalue weighted by Gasteiger charge is 2.03. The Morgan fingerprint density at radius 1 is 1.04 bits per heavy atom. The van der Waals surface area contributed by atoms with Gasteiger partial charge < -0.3 is 15.7 Å². The van der Waals surface area contributed by atoms with E-state index in [0.717, 1.165) is 17.5 Å². The van der Waals surface area contributed by atoms with Crippen LogP contribution in [0.2, 0.25) is 0 Å². The van der Waals surface area contributed by atoms with Gasteiger partial charge in [0.15, 0.2) is 5.96 Å². The van der Waals surface area contributed by atoms with Gasteiger partial charge in [-0.05, 0) is 48.7 Å². The highest BCUT2D eigenvalue weighted by molar-refractivity contribution is 14.0. The molecule has 0 bridgehead atoms. The van der Waals surface area contributed by atoms with Gasteiger partial charge in [-0.3, -0.25) is 0 Å². The second-order valence-corrected chi connectivity index (χ2v) is 5.58. The molecule has 0 aliphatic heterocycles. The van der Waals surface area contributed by atoms with Crippen molar-refractivity contribution in [1.29, 1.82) is 0 Å². The Labute approximate surface area is 169 Å². The molecule has 142 valence electrons. The van der Waals surface area contributed by atoms with Gasteiger partial charge in [-0.2, -0.15) is 0 Å². The average Bonchev–Trinajstić information content (AvgIpc) is 2.62. The van der Waals surface area contributed by atoms with Crippen molar-refractivity contribution in [2.75, 3.05) is 13.1 Å². The van der Waals surface area contributed by atoms with E-state index < -0.39 is 5.82 Å². The van der Waals surface area contributed by atoms with E-state index >= 15 is 0 Å². The molecule has 0 amide bonds. The van der Waals surface area contributed by atoms with E-state index in [-0.39, 0.29) is 42.0 Å². The molecule has 7 heteroatoms. The number of guanidine groups is 1. The number of nitrogens with one attached hydrogen (secondary N) is 2. The van der Waals surface area contributed by atoms with Gasteiger partial charge in [0, 0.05) is 18.7 Å². The molecule has 0 spiro atoms. The Kier molecular flexibility index (Phi) is 10.1. The van der Waals surface area contributed by atoms with Gasteiger partial charge in [0.25, 0.3) is 0 Å². The van der Waals surface area contributed by atoms with Crippen LogP contribution in [0.5, 0.6) is 0 Å². The van der Waals surface area contributed by atoms with Crippen molar-refractivity contribution in [3.8, 4) is 0 Å². The third-order valence-corrected chi connectivity index (χ3v) is 3.66. The molecule has 0 saturated carbocycles. The minimum Gasteiger partial charge on any atom is -0.392 e. The van der Waals surface area contributed by atoms with Crippen LogP contribution in [-0.2, 0) is 19.6 Å². The molecule has 0 aliphatic rings. The molecule has 26 heavy (non-hydrogen) atoms. The van der Waals surface area contributed by atoms with Crippen LogP contribution in [0.25, 0.3) is 0 Å². The second kappa shape index (κ2) is 11.8. The molecule has 0 heterocycles. The van der Waals surface area contributed by atoms with Crippen LogP contribution in [0.4, 0.5) is 8.78 Å². The number of aliphatic hydroxyl groups is 1. The van der Waals surface area contributed by atoms with Crippen molar-refractivity contribution >= 4 is 29.9 Å². The number of nitrogens with zero attached hydrogens (tertiary/aromatic N) is 1. The van der Waals surface area contributed by atoms with Crippen molar-refractivity contribution in [3.05, 3.63) is 70.8 Å². The van der Waals surface area contributed by atoms with E-state index in [1.54, 1.807) is 24.3 Å². The average molecular weight is 475 g/mol. The Bertz CT molecular complexity index is 708. The van der Waals surface area contributed by atoms with Crippen LogP contribution in [0.15, 0.2) is 47.5 Å². The van der Waals surface area contributed by atoms with Crippen molar-refractivity contribution in [2.45, 2.75) is 26.5 Å². The summed E-state index contributed by atoms with van der Waals surface area (Å²) >= 11 is 0. The summed E-state index contributed by atoms with van der Waals surface area (Å²) in [4.78, 5) is 4.46. The topological polar surface area (TPSA) is 56.7 Å². The Morgan fingerprint density at radius 3 is 2.38 bits per heavy atom. The van der Waals surface area contributed by atoms with Gasteiger partial charge in [-0.1, -0.05) is 18.2 Å². The highest BCUT2D eigenvalue weighted by atomic mass is 127. The van der Waals surface area contributed by atoms with Crippen molar-refractivity contribution in [1.82, 2.24) is 10.6 Å². The van der Waals surface area contributed by atoms with Gasteiger partial charge in [-0.25, -0.2) is 13.8 Å². The van der Waals surface area contributed by atoms with Gasteiger partial charge in [-0.15, -0.1) is 24.0 Å². The largest absolute Gasteiger partial charge is 0.392 e. The molecule has 2 aromatic rings. The molecule has 0 aliphatic carbocycles. The lowest BCUT2D eigenvalue weighted by molar-refractivity contribution is 0.275. The van der Waals surface area contributed by atoms with Crippen LogP contribution >= 0.6 is 24.0 Å². The number of rotatable bonds is 7. The third-order valence-electron chi connectivity index (χ3n) is 3.66.